The van der Waals surface area contributed by atoms with Gasteiger partial charge >= 0.3 is 0 Å². The van der Waals surface area contributed by atoms with Crippen molar-refractivity contribution in [2.75, 3.05) is 13.2 Å². The molecule has 0 aliphatic heterocycles. The SMILES string of the molecule is CCC=CC(O)(CO)CC=C[C@H]1CCC(=O)[C@@H]1CC=CCCCC(=O)CO. The van der Waals surface area contributed by atoms with Gasteiger partial charge in [0, 0.05) is 18.8 Å². The van der Waals surface area contributed by atoms with E-state index in [0.29, 0.717) is 32.1 Å². The van der Waals surface area contributed by atoms with Gasteiger partial charge in [0.1, 0.15) is 18.0 Å². The van der Waals surface area contributed by atoms with Crippen LogP contribution in [0.4, 0.5) is 0 Å². The van der Waals surface area contributed by atoms with Crippen molar-refractivity contribution in [2.45, 2.75) is 63.9 Å². The number of unbranched alkanes of at least 4 members (excludes halogenated alkanes) is 1. The standard InChI is InChI=1S/C22H34O5/c1-2-3-14-22(27,17-24)15-8-9-18-12-13-21(26)20(18)11-7-5-4-6-10-19(25)16-23/h3,5,7-9,14,18,20,23-24,27H,2,4,6,10-13,15-17H2,1H3/t18-,20+,22?/m0/s1. The number of hydrogen-bond donors (Lipinski definition) is 3. The van der Waals surface area contributed by atoms with E-state index in [1.54, 1.807) is 6.08 Å². The lowest BCUT2D eigenvalue weighted by atomic mass is 9.90. The molecule has 5 heteroatoms. The summed E-state index contributed by atoms with van der Waals surface area (Å²) in [5, 5.41) is 28.4. The van der Waals surface area contributed by atoms with E-state index in [9.17, 15) is 19.8 Å². The molecule has 1 aliphatic rings. The Morgan fingerprint density at radius 2 is 2.00 bits per heavy atom. The molecule has 3 N–H and O–H groups in total. The van der Waals surface area contributed by atoms with Gasteiger partial charge in [0.15, 0.2) is 5.78 Å². The quantitative estimate of drug-likeness (QED) is 0.338. The minimum atomic E-state index is -1.24. The van der Waals surface area contributed by atoms with Crippen molar-refractivity contribution >= 4 is 11.6 Å². The maximum Gasteiger partial charge on any atom is 0.158 e. The highest BCUT2D eigenvalue weighted by Gasteiger charge is 2.32. The minimum Gasteiger partial charge on any atom is -0.393 e. The van der Waals surface area contributed by atoms with Gasteiger partial charge < -0.3 is 15.3 Å². The van der Waals surface area contributed by atoms with Crippen LogP contribution in [0.1, 0.15) is 58.3 Å². The van der Waals surface area contributed by atoms with Gasteiger partial charge in [-0.15, -0.1) is 0 Å². The number of aliphatic hydroxyl groups is 3. The fraction of sp³-hybridized carbons (Fsp3) is 0.636. The van der Waals surface area contributed by atoms with Gasteiger partial charge in [-0.25, -0.2) is 0 Å². The smallest absolute Gasteiger partial charge is 0.158 e. The first kappa shape index (κ1) is 23.5. The second kappa shape index (κ2) is 12.8. The Kier molecular flexibility index (Phi) is 11.1. The van der Waals surface area contributed by atoms with Crippen LogP contribution in [0.5, 0.6) is 0 Å². The van der Waals surface area contributed by atoms with Crippen molar-refractivity contribution in [3.05, 3.63) is 36.5 Å². The molecular formula is C22H34O5. The van der Waals surface area contributed by atoms with Crippen molar-refractivity contribution in [3.8, 4) is 0 Å². The third kappa shape index (κ3) is 8.78. The average molecular weight is 379 g/mol. The Balaban J connectivity index is 2.49. The van der Waals surface area contributed by atoms with E-state index < -0.39 is 12.2 Å². The lowest BCUT2D eigenvalue weighted by Gasteiger charge is -2.20. The highest BCUT2D eigenvalue weighted by Crippen LogP contribution is 2.33. The summed E-state index contributed by atoms with van der Waals surface area (Å²) < 4.78 is 0. The summed E-state index contributed by atoms with van der Waals surface area (Å²) in [5.41, 5.74) is -1.24. The van der Waals surface area contributed by atoms with Crippen molar-refractivity contribution in [3.63, 3.8) is 0 Å². The van der Waals surface area contributed by atoms with Gasteiger partial charge in [0.05, 0.1) is 6.61 Å². The summed E-state index contributed by atoms with van der Waals surface area (Å²) in [6, 6.07) is 0. The lowest BCUT2D eigenvalue weighted by Crippen LogP contribution is -2.29. The Morgan fingerprint density at radius 1 is 1.22 bits per heavy atom. The van der Waals surface area contributed by atoms with Gasteiger partial charge in [-0.05, 0) is 44.4 Å². The van der Waals surface area contributed by atoms with Crippen LogP contribution in [0.25, 0.3) is 0 Å². The molecular weight excluding hydrogens is 344 g/mol. The topological polar surface area (TPSA) is 94.8 Å². The zero-order chi connectivity index (χ0) is 20.1. The fourth-order valence-electron chi connectivity index (χ4n) is 3.30. The molecule has 0 spiro atoms. The monoisotopic (exact) mass is 378 g/mol. The Bertz CT molecular complexity index is 549. The molecule has 0 heterocycles. The van der Waals surface area contributed by atoms with Crippen LogP contribution < -0.4 is 0 Å². The Morgan fingerprint density at radius 3 is 2.67 bits per heavy atom. The molecule has 0 aromatic heterocycles. The summed E-state index contributed by atoms with van der Waals surface area (Å²) in [5.74, 6) is 0.255. The third-order valence-corrected chi connectivity index (χ3v) is 5.01. The van der Waals surface area contributed by atoms with Crippen LogP contribution in [0.3, 0.4) is 0 Å². The van der Waals surface area contributed by atoms with Crippen molar-refractivity contribution < 1.29 is 24.9 Å². The molecule has 0 radical (unpaired) electrons. The van der Waals surface area contributed by atoms with Crippen LogP contribution in [0.15, 0.2) is 36.5 Å². The maximum absolute atomic E-state index is 12.1. The van der Waals surface area contributed by atoms with E-state index in [4.69, 9.17) is 5.11 Å². The number of carbonyl (C=O) groups is 2. The van der Waals surface area contributed by atoms with E-state index in [1.807, 2.05) is 37.3 Å². The molecule has 0 saturated heterocycles. The van der Waals surface area contributed by atoms with Gasteiger partial charge in [-0.3, -0.25) is 9.59 Å². The molecule has 1 aliphatic carbocycles. The summed E-state index contributed by atoms with van der Waals surface area (Å²) in [4.78, 5) is 23.2. The number of ketones is 2. The summed E-state index contributed by atoms with van der Waals surface area (Å²) in [6.07, 6.45) is 16.4. The van der Waals surface area contributed by atoms with Gasteiger partial charge in [-0.1, -0.05) is 43.4 Å². The summed E-state index contributed by atoms with van der Waals surface area (Å²) in [6.45, 7) is 1.24. The van der Waals surface area contributed by atoms with Crippen molar-refractivity contribution in [2.24, 2.45) is 11.8 Å². The predicted molar refractivity (Wildman–Crippen MR) is 106 cm³/mol. The Hall–Kier alpha value is -1.56. The first-order chi connectivity index (χ1) is 13.0. The van der Waals surface area contributed by atoms with Crippen molar-refractivity contribution in [1.29, 1.82) is 0 Å². The molecule has 0 amide bonds. The van der Waals surface area contributed by atoms with Crippen LogP contribution in [0, 0.1) is 11.8 Å². The molecule has 152 valence electrons. The van der Waals surface area contributed by atoms with Crippen LogP contribution in [-0.2, 0) is 9.59 Å². The zero-order valence-electron chi connectivity index (χ0n) is 16.3. The number of hydrogen-bond acceptors (Lipinski definition) is 5. The molecule has 1 unspecified atom stereocenters. The van der Waals surface area contributed by atoms with Gasteiger partial charge in [0.2, 0.25) is 0 Å². The normalized spacial score (nSPS) is 23.0. The number of aliphatic hydroxyl groups excluding tert-OH is 2. The van der Waals surface area contributed by atoms with E-state index in [2.05, 4.69) is 0 Å². The second-order valence-electron chi connectivity index (χ2n) is 7.28. The molecule has 0 bridgehead atoms. The molecule has 0 aromatic rings. The molecule has 5 nitrogen and oxygen atoms in total. The van der Waals surface area contributed by atoms with Crippen LogP contribution in [-0.4, -0.2) is 45.7 Å². The highest BCUT2D eigenvalue weighted by molar-refractivity contribution is 5.83. The number of rotatable bonds is 13. The van der Waals surface area contributed by atoms with Gasteiger partial charge in [0.25, 0.3) is 0 Å². The van der Waals surface area contributed by atoms with Crippen LogP contribution >= 0.6 is 0 Å². The van der Waals surface area contributed by atoms with Crippen LogP contribution in [0.2, 0.25) is 0 Å². The number of carbonyl (C=O) groups excluding carboxylic acids is 2. The minimum absolute atomic E-state index is 0.0371. The molecule has 3 atom stereocenters. The second-order valence-corrected chi connectivity index (χ2v) is 7.28. The third-order valence-electron chi connectivity index (χ3n) is 5.01. The predicted octanol–water partition coefficient (Wildman–Crippen LogP) is 2.90. The molecule has 1 saturated carbocycles. The van der Waals surface area contributed by atoms with Crippen molar-refractivity contribution in [1.82, 2.24) is 0 Å². The number of allylic oxidation sites excluding steroid dienone is 4. The maximum atomic E-state index is 12.1. The highest BCUT2D eigenvalue weighted by atomic mass is 16.3. The molecule has 1 fully saturated rings. The Labute approximate surface area is 162 Å². The van der Waals surface area contributed by atoms with E-state index in [0.717, 1.165) is 19.3 Å². The first-order valence-electron chi connectivity index (χ1n) is 9.93. The largest absolute Gasteiger partial charge is 0.393 e. The molecule has 27 heavy (non-hydrogen) atoms. The molecule has 0 aromatic carbocycles. The van der Waals surface area contributed by atoms with E-state index >= 15 is 0 Å². The van der Waals surface area contributed by atoms with E-state index in [1.165, 1.54) is 0 Å². The zero-order valence-corrected chi connectivity index (χ0v) is 16.3. The van der Waals surface area contributed by atoms with E-state index in [-0.39, 0.29) is 30.0 Å². The summed E-state index contributed by atoms with van der Waals surface area (Å²) >= 11 is 0. The lowest BCUT2D eigenvalue weighted by molar-refractivity contribution is -0.122. The number of Topliss-reactive ketones (excluding diaryl/α,β-unsaturated/α-hetero) is 2. The van der Waals surface area contributed by atoms with Gasteiger partial charge in [-0.2, -0.15) is 0 Å². The molecule has 1 rings (SSSR count). The fourth-order valence-corrected chi connectivity index (χ4v) is 3.30. The summed E-state index contributed by atoms with van der Waals surface area (Å²) in [7, 11) is 0. The first-order valence-corrected chi connectivity index (χ1v) is 9.93. The average Bonchev–Trinajstić information content (AvgIpc) is 3.02.